The number of β-amino-alcohol motifs (C(OH)–C–C–N with tert-alkyl or cyclic N) is 1. The van der Waals surface area contributed by atoms with Gasteiger partial charge in [-0.15, -0.1) is 0 Å². The van der Waals surface area contributed by atoms with Crippen LogP contribution in [0.3, 0.4) is 0 Å². The Bertz CT molecular complexity index is 1570. The van der Waals surface area contributed by atoms with Crippen molar-refractivity contribution in [2.75, 3.05) is 51.2 Å². The number of cyclic esters (lactones) is 1. The number of amides is 2. The summed E-state index contributed by atoms with van der Waals surface area (Å²) in [5.41, 5.74) is 6.62. The number of rotatable bonds is 16. The molecular weight excluding hydrogens is 713 g/mol. The van der Waals surface area contributed by atoms with Crippen LogP contribution in [0.25, 0.3) is 0 Å². The SMILES string of the molecule is N[C@@H]1COC(=O)C1.O=BCN[C@H](CO)CC(=O)OCc1ccccc1.O=C(O)C[C@@H](CO)NC(=O)CNC(=O)c1cc(O)cc(NC2=NCC(O)CN2)c1. The number of esters is 2. The average molecular weight is 760 g/mol. The maximum absolute atomic E-state index is 12.3. The van der Waals surface area contributed by atoms with Crippen LogP contribution in [-0.2, 0) is 40.0 Å². The number of aliphatic carboxylic acids is 1. The molecule has 0 saturated carbocycles. The summed E-state index contributed by atoms with van der Waals surface area (Å²) in [6.07, 6.45) is -0.501. The van der Waals surface area contributed by atoms with E-state index >= 15 is 0 Å². The number of benzene rings is 2. The van der Waals surface area contributed by atoms with E-state index in [1.807, 2.05) is 30.3 Å². The standard InChI is InChI=1S/C17H23N5O7.C12H16BNO4.C4H7NO2/c23-8-11(4-15(27)28)21-14(26)7-18-16(29)9-1-10(3-12(24)2-9)22-17-19-5-13(25)6-20-17;15-7-11(14-9-13-17)6-12(16)18-8-10-4-2-1-3-5-10;5-3-1-4(6)7-2-3/h1-3,11,13,23-25H,4-8H2,(H,18,29)(H,21,26)(H,27,28)(H2,19,20,22);1-5,11,14-15H,6-9H2;3H,1-2,5H2/t2*11-;3-/m000/s1. The van der Waals surface area contributed by atoms with Crippen molar-refractivity contribution in [3.8, 4) is 5.75 Å². The number of aromatic hydroxyl groups is 1. The maximum atomic E-state index is 12.3. The van der Waals surface area contributed by atoms with Gasteiger partial charge in [0.25, 0.3) is 5.91 Å². The zero-order valence-electron chi connectivity index (χ0n) is 29.3. The zero-order valence-corrected chi connectivity index (χ0v) is 29.3. The normalized spacial score (nSPS) is 16.8. The first-order valence-electron chi connectivity index (χ1n) is 16.7. The van der Waals surface area contributed by atoms with Crippen LogP contribution in [0.5, 0.6) is 5.75 Å². The van der Waals surface area contributed by atoms with Crippen molar-refractivity contribution in [1.29, 1.82) is 0 Å². The van der Waals surface area contributed by atoms with Crippen LogP contribution in [0.15, 0.2) is 53.5 Å². The Morgan fingerprint density at radius 3 is 2.35 bits per heavy atom. The van der Waals surface area contributed by atoms with E-state index in [0.29, 0.717) is 38.4 Å². The second kappa shape index (κ2) is 24.7. The van der Waals surface area contributed by atoms with Gasteiger partial charge in [-0.2, -0.15) is 0 Å². The molecule has 0 bridgehead atoms. The Morgan fingerprint density at radius 2 is 1.80 bits per heavy atom. The largest absolute Gasteiger partial charge is 0.508 e. The molecule has 2 amide bonds. The minimum absolute atomic E-state index is 0.0389. The molecule has 2 aromatic carbocycles. The number of anilines is 1. The summed E-state index contributed by atoms with van der Waals surface area (Å²) < 4.78 is 19.7. The Morgan fingerprint density at radius 1 is 1.07 bits per heavy atom. The molecule has 1 fully saturated rings. The summed E-state index contributed by atoms with van der Waals surface area (Å²) in [5.74, 6) is -2.89. The van der Waals surface area contributed by atoms with Gasteiger partial charge >= 0.3 is 118 Å². The van der Waals surface area contributed by atoms with Crippen LogP contribution in [0.1, 0.15) is 35.2 Å². The van der Waals surface area contributed by atoms with Crippen LogP contribution in [0.4, 0.5) is 5.69 Å². The predicted molar refractivity (Wildman–Crippen MR) is 191 cm³/mol. The van der Waals surface area contributed by atoms with Gasteiger partial charge < -0.3 is 52.2 Å². The molecule has 4 rings (SSSR count). The average Bonchev–Trinajstić information content (AvgIpc) is 3.54. The maximum Gasteiger partial charge on any atom is 0.305 e. The number of carbonyl (C=O) groups is 5. The minimum Gasteiger partial charge on any atom is -0.508 e. The van der Waals surface area contributed by atoms with Gasteiger partial charge in [-0.1, -0.05) is 0 Å². The summed E-state index contributed by atoms with van der Waals surface area (Å²) in [4.78, 5) is 60.4. The molecule has 0 aliphatic carbocycles. The number of ether oxygens (including phenoxy) is 2. The smallest absolute Gasteiger partial charge is 0.305 e. The molecule has 0 aromatic heterocycles. The molecule has 1 saturated heterocycles. The third-order valence-electron chi connectivity index (χ3n) is 7.08. The van der Waals surface area contributed by atoms with E-state index in [-0.39, 0.29) is 55.9 Å². The fourth-order valence-electron chi connectivity index (χ4n) is 4.43. The van der Waals surface area contributed by atoms with E-state index in [9.17, 15) is 38.9 Å². The monoisotopic (exact) mass is 759 g/mol. The molecule has 2 aliphatic heterocycles. The fraction of sp³-hybridized carbons (Fsp3) is 0.455. The van der Waals surface area contributed by atoms with Gasteiger partial charge in [-0.05, 0) is 12.1 Å². The Hall–Kier alpha value is -5.48. The summed E-state index contributed by atoms with van der Waals surface area (Å²) in [5, 5.41) is 59.1. The van der Waals surface area contributed by atoms with E-state index in [2.05, 4.69) is 36.3 Å². The van der Waals surface area contributed by atoms with Crippen molar-refractivity contribution >= 4 is 48.5 Å². The molecule has 2 aliphatic rings. The van der Waals surface area contributed by atoms with Crippen molar-refractivity contribution in [3.05, 3.63) is 59.7 Å². The van der Waals surface area contributed by atoms with Gasteiger partial charge in [-0.25, -0.2) is 0 Å². The van der Waals surface area contributed by atoms with E-state index in [0.717, 1.165) is 5.56 Å². The Labute approximate surface area is 310 Å². The first-order valence-corrected chi connectivity index (χ1v) is 16.7. The number of aliphatic hydroxyl groups excluding tert-OH is 3. The van der Waals surface area contributed by atoms with Crippen LogP contribution in [-0.4, -0.2) is 138 Å². The van der Waals surface area contributed by atoms with Crippen molar-refractivity contribution in [2.45, 2.75) is 50.1 Å². The number of aliphatic imine (C=N–C) groups is 1. The van der Waals surface area contributed by atoms with E-state index in [1.54, 1.807) is 0 Å². The number of nitrogens with two attached hydrogens (primary N) is 1. The number of hydrogen-bond donors (Lipinski definition) is 11. The number of aliphatic hydroxyl groups is 3. The van der Waals surface area contributed by atoms with Crippen molar-refractivity contribution in [2.24, 2.45) is 10.7 Å². The van der Waals surface area contributed by atoms with Crippen LogP contribution >= 0.6 is 0 Å². The summed E-state index contributed by atoms with van der Waals surface area (Å²) in [6, 6.07) is 11.9. The number of carbonyl (C=O) groups excluding carboxylic acids is 4. The molecule has 1 unspecified atom stereocenters. The predicted octanol–water partition coefficient (Wildman–Crippen LogP) is -2.86. The molecule has 2 heterocycles. The number of guanidine groups is 1. The number of carboxylic acids is 1. The molecule has 12 N–H and O–H groups in total. The van der Waals surface area contributed by atoms with Crippen molar-refractivity contribution < 1.29 is 63.7 Å². The fourth-order valence-corrected chi connectivity index (χ4v) is 4.43. The van der Waals surface area contributed by atoms with E-state index in [1.165, 1.54) is 18.2 Å². The van der Waals surface area contributed by atoms with Crippen LogP contribution < -0.4 is 32.3 Å². The van der Waals surface area contributed by atoms with Gasteiger partial charge in [0, 0.05) is 29.9 Å². The molecule has 2 aromatic rings. The quantitative estimate of drug-likeness (QED) is 0.0606. The summed E-state index contributed by atoms with van der Waals surface area (Å²) in [7, 11) is 0.679. The van der Waals surface area contributed by atoms with Crippen LogP contribution in [0.2, 0.25) is 0 Å². The van der Waals surface area contributed by atoms with Gasteiger partial charge in [0.1, 0.15) is 12.4 Å². The molecule has 4 atom stereocenters. The van der Waals surface area contributed by atoms with E-state index in [4.69, 9.17) is 25.8 Å². The first kappa shape index (κ1) is 44.7. The molecule has 21 heteroatoms. The number of phenols is 1. The minimum atomic E-state index is -1.18. The topological polar surface area (TPSA) is 321 Å². The van der Waals surface area contributed by atoms with Gasteiger partial charge in [0.05, 0.1) is 44.7 Å². The zero-order chi connectivity index (χ0) is 39.9. The molecule has 0 radical (unpaired) electrons. The number of nitrogens with zero attached hydrogens (tertiary/aromatic N) is 1. The number of hydrogen-bond acceptors (Lipinski definition) is 17. The van der Waals surface area contributed by atoms with E-state index < -0.39 is 61.5 Å². The third kappa shape index (κ3) is 18.8. The Balaban J connectivity index is 0.000000339. The summed E-state index contributed by atoms with van der Waals surface area (Å²) in [6.45, 7) is -0.0716. The second-order valence-electron chi connectivity index (χ2n) is 11.8. The van der Waals surface area contributed by atoms with Gasteiger partial charge in [0.2, 0.25) is 5.91 Å². The van der Waals surface area contributed by atoms with Gasteiger partial charge in [-0.3, -0.25) is 24.2 Å². The molecule has 54 heavy (non-hydrogen) atoms. The molecular formula is C33H46BN7O13. The van der Waals surface area contributed by atoms with Crippen molar-refractivity contribution in [1.82, 2.24) is 21.3 Å². The van der Waals surface area contributed by atoms with Crippen molar-refractivity contribution in [3.63, 3.8) is 0 Å². The number of carboxylic acid groups (broad SMARTS) is 1. The number of phenolic OH excluding ortho intramolecular Hbond substituents is 1. The first-order chi connectivity index (χ1) is 25.8. The molecule has 0 spiro atoms. The molecule has 294 valence electrons. The number of nitrogens with one attached hydrogen (secondary N) is 5. The van der Waals surface area contributed by atoms with Gasteiger partial charge in [0.15, 0.2) is 5.96 Å². The third-order valence-corrected chi connectivity index (χ3v) is 7.08. The Kier molecular flexibility index (Phi) is 20.4. The van der Waals surface area contributed by atoms with Crippen LogP contribution in [0, 0.1) is 0 Å². The summed E-state index contributed by atoms with van der Waals surface area (Å²) >= 11 is 0. The molecule has 20 nitrogen and oxygen atoms in total. The second-order valence-corrected chi connectivity index (χ2v) is 11.8.